The van der Waals surface area contributed by atoms with Crippen LogP contribution in [0.3, 0.4) is 0 Å². The number of aromatic nitrogens is 2. The molecule has 0 spiro atoms. The Bertz CT molecular complexity index is 616. The summed E-state index contributed by atoms with van der Waals surface area (Å²) in [5.41, 5.74) is 5.98. The van der Waals surface area contributed by atoms with E-state index in [1.165, 1.54) is 6.07 Å². The van der Waals surface area contributed by atoms with E-state index in [9.17, 15) is 13.2 Å². The monoisotopic (exact) mass is 286 g/mol. The molecule has 0 aliphatic carbocycles. The van der Waals surface area contributed by atoms with Crippen LogP contribution in [0.4, 0.5) is 19.1 Å². The van der Waals surface area contributed by atoms with Crippen molar-refractivity contribution < 1.29 is 13.2 Å². The van der Waals surface area contributed by atoms with Crippen molar-refractivity contribution in [3.8, 4) is 0 Å². The molecule has 1 aromatic heterocycles. The van der Waals surface area contributed by atoms with Crippen LogP contribution in [0.5, 0.6) is 0 Å². The van der Waals surface area contributed by atoms with Gasteiger partial charge in [-0.15, -0.1) is 0 Å². The molecule has 0 aliphatic heterocycles. The summed E-state index contributed by atoms with van der Waals surface area (Å²) in [4.78, 5) is 6.03. The van der Waals surface area contributed by atoms with E-state index in [0.29, 0.717) is 12.1 Å². The lowest BCUT2D eigenvalue weighted by molar-refractivity contribution is -0.137. The van der Waals surface area contributed by atoms with Crippen molar-refractivity contribution in [3.63, 3.8) is 0 Å². The second kappa shape index (κ2) is 4.97. The molecule has 0 amide bonds. The Morgan fingerprint density at radius 3 is 2.55 bits per heavy atom. The average Bonchev–Trinajstić information content (AvgIpc) is 2.64. The number of anilines is 1. The molecule has 110 valence electrons. The topological polar surface area (TPSA) is 47.1 Å². The lowest BCUT2D eigenvalue weighted by atomic mass is 10.2. The van der Waals surface area contributed by atoms with Gasteiger partial charge in [-0.1, -0.05) is 0 Å². The molecule has 2 rings (SSSR count). The number of halogens is 3. The molecule has 0 radical (unpaired) electrons. The fraction of sp³-hybridized carbons (Fsp3) is 0.462. The molecule has 0 saturated carbocycles. The van der Waals surface area contributed by atoms with Crippen molar-refractivity contribution >= 4 is 17.0 Å². The van der Waals surface area contributed by atoms with Gasteiger partial charge in [0.1, 0.15) is 0 Å². The Kier molecular flexibility index (Phi) is 3.64. The minimum absolute atomic E-state index is 0.192. The van der Waals surface area contributed by atoms with Gasteiger partial charge < -0.3 is 15.2 Å². The van der Waals surface area contributed by atoms with Crippen LogP contribution in [0.2, 0.25) is 0 Å². The van der Waals surface area contributed by atoms with Gasteiger partial charge in [0.25, 0.3) is 0 Å². The zero-order valence-corrected chi connectivity index (χ0v) is 11.6. The van der Waals surface area contributed by atoms with Gasteiger partial charge in [0.05, 0.1) is 16.6 Å². The second-order valence-electron chi connectivity index (χ2n) is 5.09. The van der Waals surface area contributed by atoms with E-state index in [0.717, 1.165) is 12.1 Å². The Morgan fingerprint density at radius 2 is 2.00 bits per heavy atom. The van der Waals surface area contributed by atoms with Crippen molar-refractivity contribution in [1.29, 1.82) is 0 Å². The lowest BCUT2D eigenvalue weighted by Crippen LogP contribution is -2.29. The molecule has 4 nitrogen and oxygen atoms in total. The summed E-state index contributed by atoms with van der Waals surface area (Å²) in [5.74, 6) is 0.230. The minimum Gasteiger partial charge on any atom is -0.369 e. The van der Waals surface area contributed by atoms with Gasteiger partial charge >= 0.3 is 6.18 Å². The van der Waals surface area contributed by atoms with Crippen LogP contribution in [-0.2, 0) is 12.7 Å². The molecule has 0 fully saturated rings. The van der Waals surface area contributed by atoms with Crippen molar-refractivity contribution in [2.24, 2.45) is 0 Å². The van der Waals surface area contributed by atoms with Crippen molar-refractivity contribution in [2.75, 3.05) is 19.8 Å². The first kappa shape index (κ1) is 14.6. The van der Waals surface area contributed by atoms with Crippen LogP contribution in [0.15, 0.2) is 18.2 Å². The number of likely N-dealkylation sites (N-methyl/N-ethyl adjacent to an activating group) is 1. The number of nitrogen functional groups attached to an aromatic ring is 1. The fourth-order valence-corrected chi connectivity index (χ4v) is 1.94. The first-order chi connectivity index (χ1) is 9.20. The van der Waals surface area contributed by atoms with E-state index in [2.05, 4.69) is 4.98 Å². The van der Waals surface area contributed by atoms with Gasteiger partial charge in [-0.25, -0.2) is 4.98 Å². The molecule has 2 aromatic rings. The second-order valence-corrected chi connectivity index (χ2v) is 5.09. The Labute approximate surface area is 115 Å². The van der Waals surface area contributed by atoms with Crippen LogP contribution in [0.1, 0.15) is 12.5 Å². The number of nitrogens with two attached hydrogens (primary N) is 1. The SMILES string of the molecule is CC(Cn1c(N)nc2cc(C(F)(F)F)ccc21)N(C)C. The van der Waals surface area contributed by atoms with E-state index in [4.69, 9.17) is 5.73 Å². The van der Waals surface area contributed by atoms with E-state index in [1.807, 2.05) is 25.9 Å². The van der Waals surface area contributed by atoms with Gasteiger partial charge in [-0.3, -0.25) is 0 Å². The molecule has 20 heavy (non-hydrogen) atoms. The highest BCUT2D eigenvalue weighted by Gasteiger charge is 2.31. The Hall–Kier alpha value is -1.76. The number of benzene rings is 1. The molecule has 0 bridgehead atoms. The van der Waals surface area contributed by atoms with Crippen LogP contribution >= 0.6 is 0 Å². The molecule has 7 heteroatoms. The highest BCUT2D eigenvalue weighted by atomic mass is 19.4. The smallest absolute Gasteiger partial charge is 0.369 e. The Balaban J connectivity index is 2.45. The third-order valence-electron chi connectivity index (χ3n) is 3.43. The van der Waals surface area contributed by atoms with Crippen LogP contribution in [0, 0.1) is 0 Å². The van der Waals surface area contributed by atoms with Crippen LogP contribution in [-0.4, -0.2) is 34.6 Å². The Morgan fingerprint density at radius 1 is 1.35 bits per heavy atom. The maximum absolute atomic E-state index is 12.7. The summed E-state index contributed by atoms with van der Waals surface area (Å²) in [6, 6.07) is 3.70. The quantitative estimate of drug-likeness (QED) is 0.943. The van der Waals surface area contributed by atoms with Crippen molar-refractivity contribution in [1.82, 2.24) is 14.5 Å². The normalized spacial score (nSPS) is 14.2. The van der Waals surface area contributed by atoms with Crippen molar-refractivity contribution in [3.05, 3.63) is 23.8 Å². The standard InChI is InChI=1S/C13H17F3N4/c1-8(19(2)3)7-20-11-5-4-9(13(14,15)16)6-10(11)18-12(20)17/h4-6,8H,7H2,1-3H3,(H2,17,18). The summed E-state index contributed by atoms with van der Waals surface area (Å²) >= 11 is 0. The molecule has 0 saturated heterocycles. The van der Waals surface area contributed by atoms with Crippen LogP contribution in [0.25, 0.3) is 11.0 Å². The molecule has 0 aliphatic rings. The zero-order chi connectivity index (χ0) is 15.1. The number of hydrogen-bond donors (Lipinski definition) is 1. The van der Waals surface area contributed by atoms with Crippen LogP contribution < -0.4 is 5.73 Å². The maximum Gasteiger partial charge on any atom is 0.416 e. The number of fused-ring (bicyclic) bond motifs is 1. The predicted molar refractivity (Wildman–Crippen MR) is 72.3 cm³/mol. The molecular formula is C13H17F3N4. The summed E-state index contributed by atoms with van der Waals surface area (Å²) < 4.78 is 39.7. The third kappa shape index (κ3) is 2.72. The zero-order valence-electron chi connectivity index (χ0n) is 11.6. The molecular weight excluding hydrogens is 269 g/mol. The molecule has 1 unspecified atom stereocenters. The summed E-state index contributed by atoms with van der Waals surface area (Å²) in [7, 11) is 3.86. The number of nitrogens with zero attached hydrogens (tertiary/aromatic N) is 3. The minimum atomic E-state index is -4.37. The summed E-state index contributed by atoms with van der Waals surface area (Å²) in [5, 5.41) is 0. The molecule has 2 N–H and O–H groups in total. The first-order valence-corrected chi connectivity index (χ1v) is 6.19. The summed E-state index contributed by atoms with van der Waals surface area (Å²) in [6.45, 7) is 2.58. The third-order valence-corrected chi connectivity index (χ3v) is 3.43. The summed E-state index contributed by atoms with van der Waals surface area (Å²) in [6.07, 6.45) is -4.37. The fourth-order valence-electron chi connectivity index (χ4n) is 1.94. The number of rotatable bonds is 3. The van der Waals surface area contributed by atoms with E-state index >= 15 is 0 Å². The van der Waals surface area contributed by atoms with Gasteiger partial charge in [0.2, 0.25) is 5.95 Å². The highest BCUT2D eigenvalue weighted by molar-refractivity contribution is 5.79. The maximum atomic E-state index is 12.7. The van der Waals surface area contributed by atoms with E-state index < -0.39 is 11.7 Å². The number of hydrogen-bond acceptors (Lipinski definition) is 3. The number of alkyl halides is 3. The largest absolute Gasteiger partial charge is 0.416 e. The van der Waals surface area contributed by atoms with E-state index in [-0.39, 0.29) is 17.5 Å². The van der Waals surface area contributed by atoms with Crippen molar-refractivity contribution in [2.45, 2.75) is 25.7 Å². The molecule has 1 atom stereocenters. The van der Waals surface area contributed by atoms with E-state index in [1.54, 1.807) is 4.57 Å². The van der Waals surface area contributed by atoms with Gasteiger partial charge in [0.15, 0.2) is 0 Å². The van der Waals surface area contributed by atoms with Gasteiger partial charge in [0, 0.05) is 12.6 Å². The van der Waals surface area contributed by atoms with Gasteiger partial charge in [-0.05, 0) is 39.2 Å². The lowest BCUT2D eigenvalue weighted by Gasteiger charge is -2.21. The first-order valence-electron chi connectivity index (χ1n) is 6.19. The predicted octanol–water partition coefficient (Wildman–Crippen LogP) is 2.59. The number of imidazole rings is 1. The van der Waals surface area contributed by atoms with Gasteiger partial charge in [-0.2, -0.15) is 13.2 Å². The highest BCUT2D eigenvalue weighted by Crippen LogP contribution is 2.31. The molecule has 1 heterocycles. The average molecular weight is 286 g/mol. The molecule has 1 aromatic carbocycles.